The Hall–Kier alpha value is -4.37. The van der Waals surface area contributed by atoms with Crippen molar-refractivity contribution in [2.45, 2.75) is 12.8 Å². The zero-order valence-electron chi connectivity index (χ0n) is 23.4. The van der Waals surface area contributed by atoms with Crippen molar-refractivity contribution >= 4 is 28.7 Å². The van der Waals surface area contributed by atoms with Gasteiger partial charge in [-0.2, -0.15) is 0 Å². The second kappa shape index (κ2) is 11.8. The molecule has 2 N–H and O–H groups in total. The molecule has 3 heterocycles. The van der Waals surface area contributed by atoms with E-state index < -0.39 is 6.09 Å². The summed E-state index contributed by atoms with van der Waals surface area (Å²) in [5.74, 6) is 1.01. The van der Waals surface area contributed by atoms with Crippen LogP contribution in [-0.2, 0) is 4.74 Å². The zero-order chi connectivity index (χ0) is 28.2. The van der Waals surface area contributed by atoms with E-state index in [0.29, 0.717) is 23.7 Å². The Morgan fingerprint density at radius 2 is 1.95 bits per heavy atom. The third-order valence-electron chi connectivity index (χ3n) is 7.53. The highest BCUT2D eigenvalue weighted by atomic mass is 16.5. The number of methoxy groups -OCH3 is 2. The minimum atomic E-state index is -0.629. The lowest BCUT2D eigenvalue weighted by atomic mass is 9.97. The molecule has 1 unspecified atom stereocenters. The Morgan fingerprint density at radius 1 is 1.12 bits per heavy atom. The van der Waals surface area contributed by atoms with Crippen LogP contribution in [0.15, 0.2) is 60.9 Å². The fraction of sp³-hybridized carbons (Fsp3) is 0.323. The predicted octanol–water partition coefficient (Wildman–Crippen LogP) is 5.50. The van der Waals surface area contributed by atoms with Crippen LogP contribution in [0, 0.1) is 5.92 Å². The van der Waals surface area contributed by atoms with E-state index in [2.05, 4.69) is 33.3 Å². The molecule has 2 aromatic carbocycles. The molecule has 9 heteroatoms. The van der Waals surface area contributed by atoms with Gasteiger partial charge in [0.25, 0.3) is 5.91 Å². The molecule has 2 aromatic heterocycles. The van der Waals surface area contributed by atoms with E-state index in [1.54, 1.807) is 24.3 Å². The molecule has 4 aromatic rings. The highest BCUT2D eigenvalue weighted by Crippen LogP contribution is 2.36. The van der Waals surface area contributed by atoms with E-state index in [1.807, 2.05) is 49.6 Å². The average molecular weight is 542 g/mol. The second-order valence-electron chi connectivity index (χ2n) is 10.4. The third kappa shape index (κ3) is 5.65. The van der Waals surface area contributed by atoms with E-state index in [4.69, 9.17) is 9.47 Å². The summed E-state index contributed by atoms with van der Waals surface area (Å²) >= 11 is 0. The molecule has 1 aliphatic heterocycles. The topological polar surface area (TPSA) is 99.8 Å². The van der Waals surface area contributed by atoms with Gasteiger partial charge < -0.3 is 24.3 Å². The number of carbonyl (C=O) groups is 2. The Kier molecular flexibility index (Phi) is 8.02. The number of nitrogens with zero attached hydrogens (tertiary/aromatic N) is 3. The van der Waals surface area contributed by atoms with Gasteiger partial charge in [-0.3, -0.25) is 10.1 Å². The van der Waals surface area contributed by atoms with Gasteiger partial charge in [0.05, 0.1) is 25.5 Å². The summed E-state index contributed by atoms with van der Waals surface area (Å²) in [6.07, 6.45) is 5.29. The molecule has 0 saturated carbocycles. The number of pyridine rings is 1. The third-order valence-corrected chi connectivity index (χ3v) is 7.53. The van der Waals surface area contributed by atoms with Gasteiger partial charge in [0.15, 0.2) is 0 Å². The standard InChI is InChI=1S/C31H35N5O4/c1-35-13-7-8-20(18-35)19-36(2)30(37)25-14-21(11-12-27(25)34-31(38)40-4)22-15-24-26(17-33-29(24)32-16-22)23-9-5-6-10-28(23)39-3/h5-6,9-12,14-17,20H,7-8,13,18-19H2,1-4H3,(H,32,33)(H,34,38). The number of para-hydroxylation sites is 1. The molecule has 5 rings (SSSR count). The van der Waals surface area contributed by atoms with Gasteiger partial charge in [-0.25, -0.2) is 9.78 Å². The molecular weight excluding hydrogens is 506 g/mol. The SMILES string of the molecule is COC(=O)Nc1ccc(-c2cnc3[nH]cc(-c4ccccc4OC)c3c2)cc1C(=O)N(C)CC1CCCN(C)C1. The Labute approximate surface area is 234 Å². The maximum atomic E-state index is 13.7. The summed E-state index contributed by atoms with van der Waals surface area (Å²) in [6.45, 7) is 2.69. The van der Waals surface area contributed by atoms with Crippen molar-refractivity contribution < 1.29 is 19.1 Å². The van der Waals surface area contributed by atoms with Crippen molar-refractivity contribution in [1.82, 2.24) is 19.8 Å². The quantitative estimate of drug-likeness (QED) is 0.321. The summed E-state index contributed by atoms with van der Waals surface area (Å²) in [6, 6.07) is 15.3. The minimum absolute atomic E-state index is 0.160. The lowest BCUT2D eigenvalue weighted by molar-refractivity contribution is 0.0742. The first-order valence-electron chi connectivity index (χ1n) is 13.4. The van der Waals surface area contributed by atoms with Crippen LogP contribution in [0.3, 0.4) is 0 Å². The predicted molar refractivity (Wildman–Crippen MR) is 157 cm³/mol. The summed E-state index contributed by atoms with van der Waals surface area (Å²) < 4.78 is 10.4. The number of anilines is 1. The first-order valence-corrected chi connectivity index (χ1v) is 13.4. The number of rotatable bonds is 7. The molecule has 9 nitrogen and oxygen atoms in total. The van der Waals surface area contributed by atoms with Crippen molar-refractivity contribution in [1.29, 1.82) is 0 Å². The number of benzene rings is 2. The van der Waals surface area contributed by atoms with Gasteiger partial charge in [0.2, 0.25) is 0 Å². The molecule has 208 valence electrons. The number of carbonyl (C=O) groups excluding carboxylic acids is 2. The van der Waals surface area contributed by atoms with Crippen LogP contribution in [-0.4, -0.2) is 79.7 Å². The summed E-state index contributed by atoms with van der Waals surface area (Å²) in [4.78, 5) is 37.8. The number of aromatic amines is 1. The van der Waals surface area contributed by atoms with Crippen LogP contribution in [0.5, 0.6) is 5.75 Å². The summed E-state index contributed by atoms with van der Waals surface area (Å²) in [5, 5.41) is 3.64. The number of H-pyrrole nitrogens is 1. The normalized spacial score (nSPS) is 15.6. The summed E-state index contributed by atoms with van der Waals surface area (Å²) in [7, 11) is 6.89. The fourth-order valence-corrected chi connectivity index (χ4v) is 5.52. The van der Waals surface area contributed by atoms with Crippen LogP contribution in [0.25, 0.3) is 33.3 Å². The van der Waals surface area contributed by atoms with Crippen LogP contribution in [0.1, 0.15) is 23.2 Å². The second-order valence-corrected chi connectivity index (χ2v) is 10.4. The molecule has 2 amide bonds. The number of hydrogen-bond acceptors (Lipinski definition) is 6. The number of nitrogens with one attached hydrogen (secondary N) is 2. The molecule has 0 radical (unpaired) electrons. The lowest BCUT2D eigenvalue weighted by Gasteiger charge is -2.32. The fourth-order valence-electron chi connectivity index (χ4n) is 5.52. The number of piperidine rings is 1. The van der Waals surface area contributed by atoms with Gasteiger partial charge in [-0.1, -0.05) is 24.3 Å². The van der Waals surface area contributed by atoms with Crippen LogP contribution >= 0.6 is 0 Å². The first kappa shape index (κ1) is 27.2. The van der Waals surface area contributed by atoms with Gasteiger partial charge in [0, 0.05) is 54.6 Å². The van der Waals surface area contributed by atoms with Gasteiger partial charge >= 0.3 is 6.09 Å². The highest BCUT2D eigenvalue weighted by Gasteiger charge is 2.24. The van der Waals surface area contributed by atoms with E-state index >= 15 is 0 Å². The van der Waals surface area contributed by atoms with E-state index in [0.717, 1.165) is 65.0 Å². The van der Waals surface area contributed by atoms with E-state index in [9.17, 15) is 9.59 Å². The van der Waals surface area contributed by atoms with Crippen LogP contribution in [0.2, 0.25) is 0 Å². The molecule has 0 bridgehead atoms. The van der Waals surface area contributed by atoms with E-state index in [-0.39, 0.29) is 5.91 Å². The number of hydrogen-bond donors (Lipinski definition) is 2. The number of amides is 2. The molecule has 1 atom stereocenters. The van der Waals surface area contributed by atoms with Crippen molar-refractivity contribution in [2.24, 2.45) is 5.92 Å². The summed E-state index contributed by atoms with van der Waals surface area (Å²) in [5.41, 5.74) is 5.14. The Bertz CT molecular complexity index is 1530. The molecular formula is C31H35N5O4. The molecule has 0 spiro atoms. The highest BCUT2D eigenvalue weighted by molar-refractivity contribution is 6.04. The van der Waals surface area contributed by atoms with Crippen molar-refractivity contribution in [3.05, 3.63) is 66.5 Å². The molecule has 1 fully saturated rings. The first-order chi connectivity index (χ1) is 19.4. The Morgan fingerprint density at radius 3 is 2.73 bits per heavy atom. The Balaban J connectivity index is 1.51. The molecule has 1 aliphatic rings. The van der Waals surface area contributed by atoms with E-state index in [1.165, 1.54) is 7.11 Å². The monoisotopic (exact) mass is 541 g/mol. The molecule has 40 heavy (non-hydrogen) atoms. The van der Waals surface area contributed by atoms with Crippen molar-refractivity contribution in [3.63, 3.8) is 0 Å². The number of ether oxygens (including phenoxy) is 2. The maximum absolute atomic E-state index is 13.7. The maximum Gasteiger partial charge on any atom is 0.411 e. The van der Waals surface area contributed by atoms with Crippen LogP contribution in [0.4, 0.5) is 10.5 Å². The zero-order valence-corrected chi connectivity index (χ0v) is 23.4. The van der Waals surface area contributed by atoms with Crippen molar-refractivity contribution in [2.75, 3.05) is 53.3 Å². The lowest BCUT2D eigenvalue weighted by Crippen LogP contribution is -2.40. The number of fused-ring (bicyclic) bond motifs is 1. The largest absolute Gasteiger partial charge is 0.496 e. The number of aromatic nitrogens is 2. The molecule has 0 aliphatic carbocycles. The van der Waals surface area contributed by atoms with Crippen LogP contribution < -0.4 is 10.1 Å². The number of likely N-dealkylation sites (tertiary alicyclic amines) is 1. The van der Waals surface area contributed by atoms with Gasteiger partial charge in [-0.15, -0.1) is 0 Å². The minimum Gasteiger partial charge on any atom is -0.496 e. The average Bonchev–Trinajstić information content (AvgIpc) is 3.40. The van der Waals surface area contributed by atoms with Gasteiger partial charge in [-0.05, 0) is 62.2 Å². The van der Waals surface area contributed by atoms with Crippen molar-refractivity contribution in [3.8, 4) is 28.0 Å². The van der Waals surface area contributed by atoms with Gasteiger partial charge in [0.1, 0.15) is 11.4 Å². The smallest absolute Gasteiger partial charge is 0.411 e. The molecule has 1 saturated heterocycles.